The van der Waals surface area contributed by atoms with Crippen molar-refractivity contribution in [2.24, 2.45) is 0 Å². The summed E-state index contributed by atoms with van der Waals surface area (Å²) in [7, 11) is 0. The number of nitrogens with zero attached hydrogens (tertiary/aromatic N) is 1. The van der Waals surface area contributed by atoms with E-state index in [0.717, 1.165) is 30.0 Å². The molecule has 1 fully saturated rings. The summed E-state index contributed by atoms with van der Waals surface area (Å²) in [4.78, 5) is 14.6. The fraction of sp³-hybridized carbons (Fsp3) is 0.400. The Kier molecular flexibility index (Phi) is 5.12. The topological polar surface area (TPSA) is 41.6 Å². The highest BCUT2D eigenvalue weighted by Crippen LogP contribution is 2.52. The zero-order chi connectivity index (χ0) is 20.5. The molecular formula is C25H30N2O2. The van der Waals surface area contributed by atoms with E-state index in [9.17, 15) is 4.79 Å². The Bertz CT molecular complexity index is 934. The van der Waals surface area contributed by atoms with Crippen LogP contribution in [0.1, 0.15) is 51.2 Å². The van der Waals surface area contributed by atoms with Gasteiger partial charge in [0.1, 0.15) is 11.4 Å². The summed E-state index contributed by atoms with van der Waals surface area (Å²) in [6.07, 6.45) is 7.70. The van der Waals surface area contributed by atoms with Crippen LogP contribution in [-0.2, 0) is 10.2 Å². The lowest BCUT2D eigenvalue weighted by Crippen LogP contribution is -2.58. The monoisotopic (exact) mass is 390 g/mol. The third kappa shape index (κ3) is 3.31. The van der Waals surface area contributed by atoms with Crippen molar-refractivity contribution in [2.75, 3.05) is 18.1 Å². The number of amides is 1. The zero-order valence-electron chi connectivity index (χ0n) is 17.6. The Balaban J connectivity index is 1.61. The number of para-hydroxylation sites is 1. The number of fused-ring (bicyclic) bond motifs is 3. The molecule has 29 heavy (non-hydrogen) atoms. The highest BCUT2D eigenvalue weighted by Gasteiger charge is 2.59. The molecule has 0 saturated carbocycles. The summed E-state index contributed by atoms with van der Waals surface area (Å²) in [6.45, 7) is 7.73. The second-order valence-corrected chi connectivity index (χ2v) is 8.50. The van der Waals surface area contributed by atoms with Crippen LogP contribution in [-0.4, -0.2) is 24.7 Å². The van der Waals surface area contributed by atoms with Crippen LogP contribution in [0.4, 0.5) is 5.69 Å². The van der Waals surface area contributed by atoms with E-state index in [1.165, 1.54) is 18.4 Å². The molecule has 2 aromatic rings. The number of carbonyl (C=O) groups is 1. The Morgan fingerprint density at radius 3 is 2.79 bits per heavy atom. The van der Waals surface area contributed by atoms with Gasteiger partial charge in [-0.15, -0.1) is 0 Å². The van der Waals surface area contributed by atoms with Crippen LogP contribution in [0.5, 0.6) is 5.75 Å². The molecule has 4 nitrogen and oxygen atoms in total. The van der Waals surface area contributed by atoms with Gasteiger partial charge in [0.2, 0.25) is 5.91 Å². The van der Waals surface area contributed by atoms with Gasteiger partial charge in [0.05, 0.1) is 13.2 Å². The van der Waals surface area contributed by atoms with E-state index in [4.69, 9.17) is 4.74 Å². The minimum atomic E-state index is -0.564. The van der Waals surface area contributed by atoms with Crippen molar-refractivity contribution in [1.29, 1.82) is 0 Å². The van der Waals surface area contributed by atoms with Crippen LogP contribution >= 0.6 is 0 Å². The Morgan fingerprint density at radius 1 is 1.14 bits per heavy atom. The summed E-state index contributed by atoms with van der Waals surface area (Å²) in [5.41, 5.74) is 2.65. The number of carbonyl (C=O) groups excluding carboxylic acids is 1. The van der Waals surface area contributed by atoms with E-state index in [-0.39, 0.29) is 11.3 Å². The fourth-order valence-corrected chi connectivity index (χ4v) is 4.61. The lowest BCUT2D eigenvalue weighted by Gasteiger charge is -2.40. The standard InChI is InChI=1S/C25H30N2O2/c1-4-5-8-16-29-20-11-9-10-19(17-20)14-15-25-24(2,3)21-12-6-7-13-22(21)27(25)18-23(28)26-25/h6-7,9-15,17H,4-5,8,16,18H2,1-3H3,(H,26,28)/t25-/m0/s1. The predicted molar refractivity (Wildman–Crippen MR) is 118 cm³/mol. The van der Waals surface area contributed by atoms with E-state index in [0.29, 0.717) is 6.54 Å². The molecule has 0 aromatic heterocycles. The van der Waals surface area contributed by atoms with Crippen LogP contribution in [0.2, 0.25) is 0 Å². The van der Waals surface area contributed by atoms with E-state index in [2.05, 4.69) is 73.5 Å². The lowest BCUT2D eigenvalue weighted by molar-refractivity contribution is -0.118. The molecule has 0 unspecified atom stereocenters. The van der Waals surface area contributed by atoms with Crippen LogP contribution in [0.25, 0.3) is 6.08 Å². The molecule has 4 rings (SSSR count). The largest absolute Gasteiger partial charge is 0.494 e. The van der Waals surface area contributed by atoms with Gasteiger partial charge in [0.25, 0.3) is 0 Å². The quantitative estimate of drug-likeness (QED) is 0.684. The maximum Gasteiger partial charge on any atom is 0.241 e. The number of anilines is 1. The van der Waals surface area contributed by atoms with Crippen LogP contribution < -0.4 is 15.0 Å². The average Bonchev–Trinajstić information content (AvgIpc) is 3.15. The number of unbranched alkanes of at least 4 members (excludes halogenated alkanes) is 2. The molecule has 0 radical (unpaired) electrons. The van der Waals surface area contributed by atoms with Crippen LogP contribution in [0, 0.1) is 0 Å². The molecule has 1 atom stereocenters. The fourth-order valence-electron chi connectivity index (χ4n) is 4.61. The smallest absolute Gasteiger partial charge is 0.241 e. The van der Waals surface area contributed by atoms with Gasteiger partial charge in [-0.2, -0.15) is 0 Å². The lowest BCUT2D eigenvalue weighted by atomic mass is 9.75. The first-order valence-electron chi connectivity index (χ1n) is 10.6. The maximum atomic E-state index is 12.4. The van der Waals surface area contributed by atoms with Crippen molar-refractivity contribution in [3.05, 3.63) is 65.7 Å². The summed E-state index contributed by atoms with van der Waals surface area (Å²) in [6, 6.07) is 16.5. The third-order valence-electron chi connectivity index (χ3n) is 6.27. The first kappa shape index (κ1) is 19.6. The number of rotatable bonds is 7. The molecule has 0 bridgehead atoms. The van der Waals surface area contributed by atoms with E-state index >= 15 is 0 Å². The average molecular weight is 391 g/mol. The molecule has 1 saturated heterocycles. The minimum Gasteiger partial charge on any atom is -0.494 e. The highest BCUT2D eigenvalue weighted by atomic mass is 16.5. The number of nitrogens with one attached hydrogen (secondary N) is 1. The molecule has 0 aliphatic carbocycles. The molecule has 2 heterocycles. The summed E-state index contributed by atoms with van der Waals surface area (Å²) >= 11 is 0. The SMILES string of the molecule is CCCCCOc1cccc(C=C[C@]23NC(=O)CN2c2ccccc2C3(C)C)c1. The predicted octanol–water partition coefficient (Wildman–Crippen LogP) is 4.89. The zero-order valence-corrected chi connectivity index (χ0v) is 17.6. The van der Waals surface area contributed by atoms with Gasteiger partial charge in [-0.1, -0.05) is 70.0 Å². The minimum absolute atomic E-state index is 0.0604. The van der Waals surface area contributed by atoms with Gasteiger partial charge < -0.3 is 15.0 Å². The van der Waals surface area contributed by atoms with E-state index in [1.807, 2.05) is 18.2 Å². The molecule has 2 aromatic carbocycles. The van der Waals surface area contributed by atoms with Crippen molar-refractivity contribution in [3.63, 3.8) is 0 Å². The van der Waals surface area contributed by atoms with Crippen molar-refractivity contribution >= 4 is 17.7 Å². The molecule has 152 valence electrons. The second-order valence-electron chi connectivity index (χ2n) is 8.50. The van der Waals surface area contributed by atoms with Gasteiger partial charge >= 0.3 is 0 Å². The number of hydrogen-bond acceptors (Lipinski definition) is 3. The summed E-state index contributed by atoms with van der Waals surface area (Å²) in [5, 5.41) is 3.27. The molecular weight excluding hydrogens is 360 g/mol. The van der Waals surface area contributed by atoms with E-state index in [1.54, 1.807) is 0 Å². The number of hydrogen-bond donors (Lipinski definition) is 1. The first-order chi connectivity index (χ1) is 14.0. The molecule has 2 aliphatic rings. The second kappa shape index (κ2) is 7.58. The maximum absolute atomic E-state index is 12.4. The van der Waals surface area contributed by atoms with Crippen molar-refractivity contribution in [1.82, 2.24) is 5.32 Å². The highest BCUT2D eigenvalue weighted by molar-refractivity contribution is 5.91. The van der Waals surface area contributed by atoms with Gasteiger partial charge in [0.15, 0.2) is 0 Å². The van der Waals surface area contributed by atoms with E-state index < -0.39 is 5.66 Å². The Hall–Kier alpha value is -2.75. The van der Waals surface area contributed by atoms with Gasteiger partial charge in [0, 0.05) is 11.1 Å². The van der Waals surface area contributed by atoms with Gasteiger partial charge in [-0.05, 0) is 41.8 Å². The molecule has 1 amide bonds. The molecule has 4 heteroatoms. The molecule has 2 aliphatic heterocycles. The van der Waals surface area contributed by atoms with Crippen molar-refractivity contribution < 1.29 is 9.53 Å². The normalized spacial score (nSPS) is 21.9. The Labute approximate surface area is 173 Å². The molecule has 1 N–H and O–H groups in total. The number of ether oxygens (including phenoxy) is 1. The van der Waals surface area contributed by atoms with Gasteiger partial charge in [-0.25, -0.2) is 0 Å². The van der Waals surface area contributed by atoms with Gasteiger partial charge in [-0.3, -0.25) is 4.79 Å². The first-order valence-corrected chi connectivity index (χ1v) is 10.6. The van der Waals surface area contributed by atoms with Crippen molar-refractivity contribution in [2.45, 2.75) is 51.1 Å². The summed E-state index contributed by atoms with van der Waals surface area (Å²) < 4.78 is 5.90. The third-order valence-corrected chi connectivity index (χ3v) is 6.27. The summed E-state index contributed by atoms with van der Waals surface area (Å²) in [5.74, 6) is 0.951. The van der Waals surface area contributed by atoms with Crippen LogP contribution in [0.15, 0.2) is 54.6 Å². The van der Waals surface area contributed by atoms with Crippen LogP contribution in [0.3, 0.4) is 0 Å². The Morgan fingerprint density at radius 2 is 1.97 bits per heavy atom. The van der Waals surface area contributed by atoms with Crippen molar-refractivity contribution in [3.8, 4) is 5.75 Å². The number of benzene rings is 2. The molecule has 0 spiro atoms.